The highest BCUT2D eigenvalue weighted by atomic mass is 19.2. The summed E-state index contributed by atoms with van der Waals surface area (Å²) in [6.45, 7) is 16.7. The Morgan fingerprint density at radius 2 is 1.34 bits per heavy atom. The van der Waals surface area contributed by atoms with Crippen molar-refractivity contribution in [3.05, 3.63) is 160 Å². The van der Waals surface area contributed by atoms with Crippen LogP contribution in [0.25, 0.3) is 0 Å². The minimum absolute atomic E-state index is 0.0979. The minimum Gasteiger partial charge on any atom is -0.490 e. The van der Waals surface area contributed by atoms with Crippen LogP contribution in [-0.4, -0.2) is 6.61 Å². The van der Waals surface area contributed by atoms with E-state index < -0.39 is 81.1 Å². The van der Waals surface area contributed by atoms with E-state index in [0.717, 1.165) is 12.8 Å². The fraction of sp³-hybridized carbons (Fsp3) is 0.417. The average molecular weight is 813 g/mol. The van der Waals surface area contributed by atoms with Crippen molar-refractivity contribution in [2.75, 3.05) is 6.61 Å². The zero-order chi connectivity index (χ0) is 42.5. The van der Waals surface area contributed by atoms with Gasteiger partial charge in [-0.3, -0.25) is 0 Å². The lowest BCUT2D eigenvalue weighted by molar-refractivity contribution is 0.222. The van der Waals surface area contributed by atoms with Gasteiger partial charge in [-0.05, 0) is 110 Å². The highest BCUT2D eigenvalue weighted by molar-refractivity contribution is 5.44. The van der Waals surface area contributed by atoms with Gasteiger partial charge in [0.1, 0.15) is 24.0 Å². The van der Waals surface area contributed by atoms with Crippen LogP contribution in [0.15, 0.2) is 132 Å². The third kappa shape index (κ3) is 9.31. The van der Waals surface area contributed by atoms with Gasteiger partial charge < -0.3 is 9.47 Å². The summed E-state index contributed by atoms with van der Waals surface area (Å²) in [5.41, 5.74) is -1.02. The van der Waals surface area contributed by atoms with Crippen molar-refractivity contribution in [3.63, 3.8) is 0 Å². The van der Waals surface area contributed by atoms with Crippen LogP contribution in [-0.2, 0) is 11.2 Å². The Balaban J connectivity index is 0.00000315. The molecule has 0 radical (unpaired) electrons. The highest BCUT2D eigenvalue weighted by Crippen LogP contribution is 2.49. The zero-order valence-corrected chi connectivity index (χ0v) is 33.7. The first-order valence-corrected chi connectivity index (χ1v) is 20.0. The molecule has 2 saturated carbocycles. The summed E-state index contributed by atoms with van der Waals surface area (Å²) in [6.07, 6.45) is 20.7. The van der Waals surface area contributed by atoms with Crippen LogP contribution >= 0.6 is 0 Å². The van der Waals surface area contributed by atoms with Gasteiger partial charge in [-0.25, -0.2) is 22.0 Å². The van der Waals surface area contributed by atoms with Gasteiger partial charge in [0.2, 0.25) is 17.4 Å². The molecule has 0 amide bonds. The Morgan fingerprint density at radius 3 is 1.86 bits per heavy atom. The lowest BCUT2D eigenvalue weighted by atomic mass is 9.77. The molecular formula is C48H52F8O2. The van der Waals surface area contributed by atoms with E-state index in [1.54, 1.807) is 26.0 Å². The number of hydrogen-bond acceptors (Lipinski definition) is 2. The number of benzene rings is 1. The SMILES string of the molecule is C=C/C=C(\C=C/COC1=C(F)C(F)=C(CC2CC3C=CC2C3)C(F)=C(F)C1)C(C)(C)C(=C)/C=C\C(=C/C)Oc1c(F)c(F)c(CC2CC3C=CC2C3)c(F)c1F.CC. The maximum Gasteiger partial charge on any atom is 0.204 e. The van der Waals surface area contributed by atoms with Gasteiger partial charge >= 0.3 is 0 Å². The van der Waals surface area contributed by atoms with Crippen LogP contribution < -0.4 is 4.74 Å². The predicted octanol–water partition coefficient (Wildman–Crippen LogP) is 14.7. The molecule has 1 aromatic carbocycles. The number of rotatable bonds is 15. The van der Waals surface area contributed by atoms with Gasteiger partial charge in [0, 0.05) is 16.6 Å². The largest absolute Gasteiger partial charge is 0.490 e. The molecule has 1 aromatic rings. The fourth-order valence-corrected chi connectivity index (χ4v) is 8.62. The molecular weight excluding hydrogens is 761 g/mol. The van der Waals surface area contributed by atoms with Gasteiger partial charge in [0.25, 0.3) is 0 Å². The summed E-state index contributed by atoms with van der Waals surface area (Å²) in [5, 5.41) is 0. The summed E-state index contributed by atoms with van der Waals surface area (Å²) >= 11 is 0. The van der Waals surface area contributed by atoms with Crippen molar-refractivity contribution in [2.45, 2.75) is 79.6 Å². The number of hydrogen-bond donors (Lipinski definition) is 0. The Hall–Kier alpha value is -4.60. The molecule has 0 saturated heterocycles. The van der Waals surface area contributed by atoms with Crippen molar-refractivity contribution in [3.8, 4) is 5.75 Å². The molecule has 312 valence electrons. The lowest BCUT2D eigenvalue weighted by Crippen LogP contribution is -2.16. The Bertz CT molecular complexity index is 2030. The van der Waals surface area contributed by atoms with Crippen LogP contribution in [0.5, 0.6) is 5.75 Å². The Kier molecular flexibility index (Phi) is 14.6. The number of allylic oxidation sites excluding steroid dienone is 17. The first-order valence-electron chi connectivity index (χ1n) is 20.0. The van der Waals surface area contributed by atoms with E-state index >= 15 is 30.7 Å². The van der Waals surface area contributed by atoms with Crippen LogP contribution in [0.3, 0.4) is 0 Å². The molecule has 5 aliphatic rings. The number of ether oxygens (including phenoxy) is 2. The smallest absolute Gasteiger partial charge is 0.204 e. The molecule has 0 aliphatic heterocycles. The van der Waals surface area contributed by atoms with Crippen molar-refractivity contribution >= 4 is 0 Å². The maximum absolute atomic E-state index is 15.3. The van der Waals surface area contributed by atoms with Gasteiger partial charge in [-0.2, -0.15) is 13.2 Å². The molecule has 0 heterocycles. The lowest BCUT2D eigenvalue weighted by Gasteiger charge is -2.27. The minimum atomic E-state index is -1.62. The first kappa shape index (κ1) is 44.5. The molecule has 6 atom stereocenters. The molecule has 0 aromatic heterocycles. The van der Waals surface area contributed by atoms with Crippen LogP contribution in [0, 0.1) is 64.2 Å². The number of halogens is 8. The third-order valence-corrected chi connectivity index (χ3v) is 12.0. The summed E-state index contributed by atoms with van der Waals surface area (Å²) in [7, 11) is 0. The maximum atomic E-state index is 15.3. The average Bonchev–Trinajstić information content (AvgIpc) is 4.04. The molecule has 4 bridgehead atoms. The second-order valence-corrected chi connectivity index (χ2v) is 15.8. The van der Waals surface area contributed by atoms with Gasteiger partial charge in [0.05, 0.1) is 6.42 Å². The first-order chi connectivity index (χ1) is 27.6. The second-order valence-electron chi connectivity index (χ2n) is 15.8. The molecule has 0 spiro atoms. The van der Waals surface area contributed by atoms with E-state index in [4.69, 9.17) is 9.47 Å². The van der Waals surface area contributed by atoms with E-state index in [0.29, 0.717) is 35.8 Å². The van der Waals surface area contributed by atoms with E-state index in [2.05, 4.69) is 25.3 Å². The predicted molar refractivity (Wildman–Crippen MR) is 214 cm³/mol. The van der Waals surface area contributed by atoms with Crippen molar-refractivity contribution in [1.82, 2.24) is 0 Å². The van der Waals surface area contributed by atoms with Crippen molar-refractivity contribution in [2.24, 2.45) is 40.9 Å². The monoisotopic (exact) mass is 812 g/mol. The van der Waals surface area contributed by atoms with E-state index in [1.165, 1.54) is 37.3 Å². The summed E-state index contributed by atoms with van der Waals surface area (Å²) < 4.78 is 132. The summed E-state index contributed by atoms with van der Waals surface area (Å²) in [5.74, 6) is -13.1. The number of fused-ring (bicyclic) bond motifs is 4. The molecule has 58 heavy (non-hydrogen) atoms. The topological polar surface area (TPSA) is 18.5 Å². The van der Waals surface area contributed by atoms with Gasteiger partial charge in [-0.15, -0.1) is 0 Å². The third-order valence-electron chi connectivity index (χ3n) is 12.0. The molecule has 2 fully saturated rings. The van der Waals surface area contributed by atoms with Gasteiger partial charge in [-0.1, -0.05) is 89.5 Å². The highest BCUT2D eigenvalue weighted by Gasteiger charge is 2.40. The molecule has 0 N–H and O–H groups in total. The molecule has 2 nitrogen and oxygen atoms in total. The zero-order valence-electron chi connectivity index (χ0n) is 33.7. The molecule has 10 heteroatoms. The normalized spacial score (nSPS) is 25.7. The van der Waals surface area contributed by atoms with E-state index in [-0.39, 0.29) is 48.9 Å². The van der Waals surface area contributed by atoms with Gasteiger partial charge in [0.15, 0.2) is 29.1 Å². The standard InChI is InChI=1S/C46H46F8O2.C2H6/c1-6-9-32(10-8-17-55-37-24-36(47)38(48)34(39(49)42(37)52)22-30-20-26-12-14-28(30)18-26)46(4,5)25(3)11-16-33(7-2)56-45-43(53)40(50)35(41(51)44(45)54)23-31-21-27-13-15-29(31)19-27;1-2/h6-16,26-31H,1,3,17-24H2,2,4-5H3;1-2H3/b10-8-,16-11-,32-9+,33-7+;. The second kappa shape index (κ2) is 19.0. The molecule has 6 rings (SSSR count). The fourth-order valence-electron chi connectivity index (χ4n) is 8.62. The Labute approximate surface area is 337 Å². The van der Waals surface area contributed by atoms with Crippen LogP contribution in [0.4, 0.5) is 35.1 Å². The quantitative estimate of drug-likeness (QED) is 0.0577. The van der Waals surface area contributed by atoms with Crippen LogP contribution in [0.1, 0.15) is 78.7 Å². The molecule has 6 unspecified atom stereocenters. The summed E-state index contributed by atoms with van der Waals surface area (Å²) in [4.78, 5) is 0. The molecule has 5 aliphatic carbocycles. The summed E-state index contributed by atoms with van der Waals surface area (Å²) in [6, 6.07) is 0. The van der Waals surface area contributed by atoms with Crippen LogP contribution in [0.2, 0.25) is 0 Å². The van der Waals surface area contributed by atoms with E-state index in [9.17, 15) is 4.39 Å². The van der Waals surface area contributed by atoms with Crippen molar-refractivity contribution in [1.29, 1.82) is 0 Å². The van der Waals surface area contributed by atoms with E-state index in [1.807, 2.05) is 26.0 Å². The van der Waals surface area contributed by atoms with Crippen molar-refractivity contribution < 1.29 is 44.6 Å². The Morgan fingerprint density at radius 1 is 0.759 bits per heavy atom.